The molecule has 0 aromatic rings. The third-order valence-electron chi connectivity index (χ3n) is 0.393. The minimum atomic E-state index is -1.31. The Morgan fingerprint density at radius 2 is 1.73 bits per heavy atom. The van der Waals surface area contributed by atoms with Crippen molar-refractivity contribution in [1.82, 2.24) is 0 Å². The fourth-order valence-electron chi connectivity index (χ4n) is 0.203. The summed E-state index contributed by atoms with van der Waals surface area (Å²) in [7, 11) is 0. The van der Waals surface area contributed by atoms with E-state index >= 15 is 0 Å². The number of hydrogen-bond donors (Lipinski definition) is 0. The van der Waals surface area contributed by atoms with Gasteiger partial charge in [0.2, 0.25) is 0 Å². The summed E-state index contributed by atoms with van der Waals surface area (Å²) in [6.07, 6.45) is 0.528. The van der Waals surface area contributed by atoms with E-state index in [0.29, 0.717) is 0 Å². The molecule has 0 saturated heterocycles. The van der Waals surface area contributed by atoms with Crippen LogP contribution in [0.1, 0.15) is 26.7 Å². The van der Waals surface area contributed by atoms with Crippen molar-refractivity contribution in [1.29, 1.82) is 0 Å². The quantitative estimate of drug-likeness (QED) is 0.356. The molecule has 0 bridgehead atoms. The molecule has 0 heterocycles. The summed E-state index contributed by atoms with van der Waals surface area (Å²) < 4.78 is 0. The predicted octanol–water partition coefficient (Wildman–Crippen LogP) is -0.0566. The van der Waals surface area contributed by atoms with Crippen LogP contribution in [0.4, 0.5) is 0 Å². The molecule has 0 amide bonds. The Kier molecular flexibility index (Phi) is 19.0. The van der Waals surface area contributed by atoms with E-state index in [4.69, 9.17) is 0 Å². The van der Waals surface area contributed by atoms with Crippen molar-refractivity contribution in [3.8, 4) is 0 Å². The second-order valence-corrected chi connectivity index (χ2v) is 1.75. The average molecular weight is 200 g/mol. The molecular weight excluding hydrogens is 188 g/mol. The van der Waals surface area contributed by atoms with Gasteiger partial charge >= 0.3 is 17.1 Å². The van der Waals surface area contributed by atoms with Crippen molar-refractivity contribution in [2.75, 3.05) is 0 Å². The maximum absolute atomic E-state index is 9.83. The van der Waals surface area contributed by atoms with Crippen molar-refractivity contribution < 1.29 is 31.8 Å². The first-order chi connectivity index (χ1) is 4.54. The van der Waals surface area contributed by atoms with Gasteiger partial charge in [0, 0.05) is 12.4 Å². The van der Waals surface area contributed by atoms with E-state index < -0.39 is 12.4 Å². The molecular formula is C7H12FeO3. The summed E-state index contributed by atoms with van der Waals surface area (Å²) in [6.45, 7) is 6.70. The first-order valence-electron chi connectivity index (χ1n) is 3.03. The minimum Gasteiger partial charge on any atom is -0.550 e. The van der Waals surface area contributed by atoms with E-state index in [1.807, 2.05) is 6.92 Å². The van der Waals surface area contributed by atoms with Gasteiger partial charge in [0.15, 0.2) is 0 Å². The number of hydrogen-bond acceptors (Lipinski definition) is 3. The van der Waals surface area contributed by atoms with Crippen LogP contribution in [-0.4, -0.2) is 11.8 Å². The summed E-state index contributed by atoms with van der Waals surface area (Å²) in [5, 5.41) is 9.48. The van der Waals surface area contributed by atoms with Gasteiger partial charge in [-0.05, 0) is 6.92 Å². The predicted molar refractivity (Wildman–Crippen MR) is 36.0 cm³/mol. The van der Waals surface area contributed by atoms with Crippen LogP contribution in [-0.2, 0) is 26.7 Å². The zero-order chi connectivity index (χ0) is 8.57. The SMILES string of the molecule is CC(=O)CC(=O)[O-].[CH2-]CC.[Fe+2]. The Balaban J connectivity index is -0.000000140. The van der Waals surface area contributed by atoms with Crippen LogP contribution < -0.4 is 5.11 Å². The number of rotatable bonds is 2. The Morgan fingerprint density at radius 3 is 1.73 bits per heavy atom. The van der Waals surface area contributed by atoms with Crippen molar-refractivity contribution in [3.05, 3.63) is 6.92 Å². The van der Waals surface area contributed by atoms with E-state index in [9.17, 15) is 14.7 Å². The molecule has 66 valence electrons. The molecule has 0 radical (unpaired) electrons. The molecule has 0 saturated carbocycles. The molecule has 0 N–H and O–H groups in total. The molecule has 0 atom stereocenters. The van der Waals surface area contributed by atoms with Gasteiger partial charge in [-0.2, -0.15) is 6.42 Å². The second-order valence-electron chi connectivity index (χ2n) is 1.75. The first kappa shape index (κ1) is 17.0. The third kappa shape index (κ3) is 42.3. The molecule has 0 unspecified atom stereocenters. The van der Waals surface area contributed by atoms with Crippen molar-refractivity contribution in [3.63, 3.8) is 0 Å². The minimum absolute atomic E-state index is 0. The Labute approximate surface area is 77.6 Å². The number of Topliss-reactive ketones (excluding diaryl/α,β-unsaturated/α-hetero) is 1. The monoisotopic (exact) mass is 200 g/mol. The smallest absolute Gasteiger partial charge is 0.550 e. The topological polar surface area (TPSA) is 57.2 Å². The molecule has 0 fully saturated rings. The summed E-state index contributed by atoms with van der Waals surface area (Å²) in [5.74, 6) is -1.69. The van der Waals surface area contributed by atoms with Crippen LogP contribution in [0.3, 0.4) is 0 Å². The number of carboxylic acids is 1. The maximum Gasteiger partial charge on any atom is 2.00 e. The second kappa shape index (κ2) is 12.3. The van der Waals surface area contributed by atoms with Crippen molar-refractivity contribution in [2.24, 2.45) is 0 Å². The molecule has 0 aromatic carbocycles. The van der Waals surface area contributed by atoms with Crippen molar-refractivity contribution >= 4 is 11.8 Å². The third-order valence-corrected chi connectivity index (χ3v) is 0.393. The van der Waals surface area contributed by atoms with Gasteiger partial charge in [-0.3, -0.25) is 4.79 Å². The normalized spacial score (nSPS) is 6.82. The van der Waals surface area contributed by atoms with Gasteiger partial charge in [0.05, 0.1) is 0 Å². The number of carbonyl (C=O) groups is 2. The molecule has 0 rings (SSSR count). The fourth-order valence-corrected chi connectivity index (χ4v) is 0.203. The molecule has 0 aliphatic carbocycles. The van der Waals surface area contributed by atoms with Crippen LogP contribution in [0.15, 0.2) is 0 Å². The maximum atomic E-state index is 9.83. The molecule has 3 nitrogen and oxygen atoms in total. The summed E-state index contributed by atoms with van der Waals surface area (Å²) in [4.78, 5) is 19.3. The van der Waals surface area contributed by atoms with Gasteiger partial charge in [-0.1, -0.05) is 6.92 Å². The van der Waals surface area contributed by atoms with E-state index in [1.54, 1.807) is 0 Å². The molecule has 4 heteroatoms. The number of ketones is 1. The Morgan fingerprint density at radius 1 is 1.45 bits per heavy atom. The standard InChI is InChI=1S/C4H6O3.C3H7.Fe/c1-3(5)2-4(6)7;1-3-2;/h2H2,1H3,(H,6,7);1,3H2,2H3;/q;-1;+2/p-1. The Bertz CT molecular complexity index is 100. The van der Waals surface area contributed by atoms with Crippen LogP contribution in [0.5, 0.6) is 0 Å². The molecule has 0 aliphatic heterocycles. The van der Waals surface area contributed by atoms with E-state index in [2.05, 4.69) is 6.92 Å². The van der Waals surface area contributed by atoms with Crippen LogP contribution >= 0.6 is 0 Å². The van der Waals surface area contributed by atoms with E-state index in [-0.39, 0.29) is 22.9 Å². The average Bonchev–Trinajstić information content (AvgIpc) is 1.62. The van der Waals surface area contributed by atoms with Gasteiger partial charge < -0.3 is 16.8 Å². The molecule has 0 aliphatic rings. The summed E-state index contributed by atoms with van der Waals surface area (Å²) in [5.41, 5.74) is 0. The summed E-state index contributed by atoms with van der Waals surface area (Å²) >= 11 is 0. The van der Waals surface area contributed by atoms with E-state index in [1.165, 1.54) is 6.92 Å². The van der Waals surface area contributed by atoms with Gasteiger partial charge in [-0.25, -0.2) is 0 Å². The van der Waals surface area contributed by atoms with Gasteiger partial charge in [0.1, 0.15) is 5.78 Å². The molecule has 11 heavy (non-hydrogen) atoms. The fraction of sp³-hybridized carbons (Fsp3) is 0.571. The van der Waals surface area contributed by atoms with Crippen molar-refractivity contribution in [2.45, 2.75) is 26.7 Å². The van der Waals surface area contributed by atoms with Gasteiger partial charge in [0.25, 0.3) is 0 Å². The van der Waals surface area contributed by atoms with E-state index in [0.717, 1.165) is 6.42 Å². The largest absolute Gasteiger partial charge is 2.00 e. The zero-order valence-electron chi connectivity index (χ0n) is 6.70. The number of carbonyl (C=O) groups excluding carboxylic acids is 2. The molecule has 0 spiro atoms. The Hall–Kier alpha value is -0.341. The number of carboxylic acid groups (broad SMARTS) is 1. The first-order valence-corrected chi connectivity index (χ1v) is 3.03. The van der Waals surface area contributed by atoms with Crippen LogP contribution in [0.25, 0.3) is 0 Å². The van der Waals surface area contributed by atoms with Gasteiger partial charge in [-0.15, -0.1) is 0 Å². The zero-order valence-corrected chi connectivity index (χ0v) is 7.80. The van der Waals surface area contributed by atoms with Crippen LogP contribution in [0, 0.1) is 6.92 Å². The number of aliphatic carboxylic acids is 1. The summed E-state index contributed by atoms with van der Waals surface area (Å²) in [6, 6.07) is 0. The molecule has 0 aromatic heterocycles. The van der Waals surface area contributed by atoms with Crippen LogP contribution in [0.2, 0.25) is 0 Å².